The number of nitrogens with one attached hydrogen (secondary N) is 1. The average molecular weight is 856 g/mol. The van der Waals surface area contributed by atoms with Crippen molar-refractivity contribution in [2.24, 2.45) is 22.9 Å². The van der Waals surface area contributed by atoms with Crippen LogP contribution in [0.25, 0.3) is 0 Å². The van der Waals surface area contributed by atoms with Crippen LogP contribution in [0.2, 0.25) is 0 Å². The van der Waals surface area contributed by atoms with Gasteiger partial charge >= 0.3 is 6.09 Å². The van der Waals surface area contributed by atoms with Gasteiger partial charge < -0.3 is 48.4 Å². The zero-order valence-corrected chi connectivity index (χ0v) is 36.5. The number of carbonyl (C=O) groups is 2. The average Bonchev–Trinajstić information content (AvgIpc) is 3.28. The highest BCUT2D eigenvalue weighted by molar-refractivity contribution is 6.03. The summed E-state index contributed by atoms with van der Waals surface area (Å²) in [6, 6.07) is 17.2. The lowest BCUT2D eigenvalue weighted by atomic mass is 9.55. The number of benzene rings is 3. The lowest BCUT2D eigenvalue weighted by molar-refractivity contribution is -0.255. The number of carbonyl (C=O) groups excluding carboxylic acids is 2. The largest absolute Gasteiger partial charge is 0.497 e. The molecule has 0 radical (unpaired) electrons. The van der Waals surface area contributed by atoms with E-state index in [2.05, 4.69) is 18.0 Å². The summed E-state index contributed by atoms with van der Waals surface area (Å²) in [4.78, 5) is 35.5. The van der Waals surface area contributed by atoms with Crippen molar-refractivity contribution in [3.8, 4) is 28.7 Å². The molecule has 6 unspecified atom stereocenters. The first-order valence-electron chi connectivity index (χ1n) is 21.4. The third kappa shape index (κ3) is 10.0. The third-order valence-electron chi connectivity index (χ3n) is 12.2. The molecular formula is C48H61N3O11. The number of allylic oxidation sites excluding steroid dienone is 1. The van der Waals surface area contributed by atoms with Crippen LogP contribution in [0, 0.1) is 17.8 Å². The molecule has 14 heteroatoms. The molecule has 3 aromatic rings. The topological polar surface area (TPSA) is 167 Å². The normalized spacial score (nSPS) is 22.9. The van der Waals surface area contributed by atoms with E-state index in [9.17, 15) is 19.8 Å². The van der Waals surface area contributed by atoms with Crippen LogP contribution < -0.4 is 29.0 Å². The molecule has 3 N–H and O–H groups in total. The highest BCUT2D eigenvalue weighted by Gasteiger charge is 2.65. The van der Waals surface area contributed by atoms with Crippen LogP contribution in [0.15, 0.2) is 90.1 Å². The van der Waals surface area contributed by atoms with E-state index in [0.717, 1.165) is 42.4 Å². The van der Waals surface area contributed by atoms with E-state index in [4.69, 9.17) is 38.4 Å². The lowest BCUT2D eigenvalue weighted by Gasteiger charge is -2.59. The van der Waals surface area contributed by atoms with Crippen molar-refractivity contribution in [2.45, 2.75) is 76.0 Å². The van der Waals surface area contributed by atoms with Gasteiger partial charge in [0.2, 0.25) is 11.7 Å². The number of oxime groups is 1. The summed E-state index contributed by atoms with van der Waals surface area (Å²) in [7, 11) is 6.42. The summed E-state index contributed by atoms with van der Waals surface area (Å²) in [5, 5.41) is 27.3. The zero-order valence-electron chi connectivity index (χ0n) is 36.5. The molecule has 62 heavy (non-hydrogen) atoms. The molecule has 14 nitrogen and oxygen atoms in total. The molecule has 0 aromatic heterocycles. The minimum atomic E-state index is -1.42. The number of unbranched alkanes of at least 4 members (excludes halogenated alkanes) is 2. The van der Waals surface area contributed by atoms with Crippen molar-refractivity contribution >= 4 is 23.4 Å². The molecule has 1 aliphatic heterocycles. The van der Waals surface area contributed by atoms with Crippen molar-refractivity contribution in [1.82, 2.24) is 4.90 Å². The number of amides is 2. The Morgan fingerprint density at radius 1 is 0.952 bits per heavy atom. The maximum Gasteiger partial charge on any atom is 0.417 e. The van der Waals surface area contributed by atoms with Gasteiger partial charge in [-0.15, -0.1) is 6.58 Å². The summed E-state index contributed by atoms with van der Waals surface area (Å²) in [6.45, 7) is 6.48. The van der Waals surface area contributed by atoms with E-state index < -0.39 is 23.8 Å². The molecule has 2 aliphatic carbocycles. The van der Waals surface area contributed by atoms with Crippen molar-refractivity contribution in [2.75, 3.05) is 60.1 Å². The fourth-order valence-electron chi connectivity index (χ4n) is 9.33. The Morgan fingerprint density at radius 2 is 1.69 bits per heavy atom. The standard InChI is InChI=1S/C48H61N3O11/c1-7-24-59-48-43(51(3)44(54)26-31-14-13-16-33(25-31)56-4)30-40(50-60-8-2)37-27-32(15-9-11-22-52)36(17-10-12-23-53)45(46(37)48)38-28-35(19-21-41(38)62-48)61-47(55)49-39-20-18-34(57-5)29-42(39)58-6/h7,13-14,16,18-21,25,27-29,32,36,43,45-46,52-53H,1,8-12,15,17,22-24,26,30H2,2-6H3,(H,49,55). The van der Waals surface area contributed by atoms with Crippen LogP contribution in [-0.2, 0) is 20.8 Å². The molecule has 6 atom stereocenters. The molecule has 6 rings (SSSR count). The second kappa shape index (κ2) is 21.5. The molecule has 3 aliphatic rings. The van der Waals surface area contributed by atoms with E-state index in [1.54, 1.807) is 62.6 Å². The molecule has 3 aromatic carbocycles. The van der Waals surface area contributed by atoms with Crippen molar-refractivity contribution in [3.63, 3.8) is 0 Å². The predicted molar refractivity (Wildman–Crippen MR) is 235 cm³/mol. The number of aliphatic hydroxyl groups excluding tert-OH is 2. The number of ether oxygens (including phenoxy) is 6. The predicted octanol–water partition coefficient (Wildman–Crippen LogP) is 7.68. The molecular weight excluding hydrogens is 795 g/mol. The van der Waals surface area contributed by atoms with Gasteiger partial charge in [-0.25, -0.2) is 4.79 Å². The molecule has 334 valence electrons. The van der Waals surface area contributed by atoms with Crippen LogP contribution >= 0.6 is 0 Å². The van der Waals surface area contributed by atoms with Gasteiger partial charge in [0.1, 0.15) is 41.4 Å². The summed E-state index contributed by atoms with van der Waals surface area (Å²) >= 11 is 0. The highest BCUT2D eigenvalue weighted by atomic mass is 16.7. The van der Waals surface area contributed by atoms with Crippen molar-refractivity contribution in [3.05, 3.63) is 96.1 Å². The Bertz CT molecular complexity index is 2090. The fourth-order valence-corrected chi connectivity index (χ4v) is 9.33. The molecule has 1 fully saturated rings. The Balaban J connectivity index is 1.49. The van der Waals surface area contributed by atoms with Crippen LogP contribution in [0.1, 0.15) is 68.9 Å². The first-order valence-corrected chi connectivity index (χ1v) is 21.4. The van der Waals surface area contributed by atoms with Crippen LogP contribution in [-0.4, -0.2) is 99.5 Å². The monoisotopic (exact) mass is 855 g/mol. The number of nitrogens with zero attached hydrogens (tertiary/aromatic N) is 2. The summed E-state index contributed by atoms with van der Waals surface area (Å²) in [5.74, 6) is 0.0850. The molecule has 2 amide bonds. The quantitative estimate of drug-likeness (QED) is 0.0547. The van der Waals surface area contributed by atoms with Gasteiger partial charge in [0, 0.05) is 44.2 Å². The van der Waals surface area contributed by atoms with Crippen molar-refractivity contribution in [1.29, 1.82) is 0 Å². The van der Waals surface area contributed by atoms with Gasteiger partial charge in [-0.3, -0.25) is 10.1 Å². The van der Waals surface area contributed by atoms with Crippen LogP contribution in [0.4, 0.5) is 10.5 Å². The number of rotatable bonds is 21. The van der Waals surface area contributed by atoms with E-state index in [0.29, 0.717) is 59.6 Å². The first-order chi connectivity index (χ1) is 30.1. The van der Waals surface area contributed by atoms with Gasteiger partial charge in [-0.2, -0.15) is 0 Å². The number of fused-ring (bicyclic) bond motifs is 2. The van der Waals surface area contributed by atoms with Gasteiger partial charge in [-0.05, 0) is 98.0 Å². The minimum absolute atomic E-state index is 0.0131. The van der Waals surface area contributed by atoms with Crippen LogP contribution in [0.3, 0.4) is 0 Å². The van der Waals surface area contributed by atoms with E-state index in [-0.39, 0.29) is 56.3 Å². The van der Waals surface area contributed by atoms with E-state index in [1.807, 2.05) is 37.3 Å². The maximum atomic E-state index is 14.5. The Hall–Kier alpha value is -5.57. The maximum absolute atomic E-state index is 14.5. The third-order valence-corrected chi connectivity index (χ3v) is 12.2. The summed E-state index contributed by atoms with van der Waals surface area (Å²) in [6.07, 6.45) is 7.98. The van der Waals surface area contributed by atoms with Crippen molar-refractivity contribution < 1.29 is 53.1 Å². The second-order valence-corrected chi connectivity index (χ2v) is 15.8. The molecule has 0 spiro atoms. The highest BCUT2D eigenvalue weighted by Crippen LogP contribution is 2.62. The first kappa shape index (κ1) is 45.9. The van der Waals surface area contributed by atoms with Gasteiger partial charge in [0.25, 0.3) is 0 Å². The molecule has 1 heterocycles. The Kier molecular flexibility index (Phi) is 15.9. The fraction of sp³-hybridized carbons (Fsp3) is 0.479. The second-order valence-electron chi connectivity index (χ2n) is 15.8. The smallest absolute Gasteiger partial charge is 0.417 e. The summed E-state index contributed by atoms with van der Waals surface area (Å²) < 4.78 is 36.4. The molecule has 0 saturated heterocycles. The minimum Gasteiger partial charge on any atom is -0.497 e. The van der Waals surface area contributed by atoms with Gasteiger partial charge in [0.05, 0.1) is 51.7 Å². The number of anilines is 1. The zero-order chi connectivity index (χ0) is 44.2. The Morgan fingerprint density at radius 3 is 2.40 bits per heavy atom. The number of hydrogen-bond donors (Lipinski definition) is 3. The van der Waals surface area contributed by atoms with Gasteiger partial charge in [-0.1, -0.05) is 42.3 Å². The number of methoxy groups -OCH3 is 3. The van der Waals surface area contributed by atoms with E-state index >= 15 is 0 Å². The summed E-state index contributed by atoms with van der Waals surface area (Å²) in [5.41, 5.74) is 3.61. The lowest BCUT2D eigenvalue weighted by Crippen LogP contribution is -2.69. The number of likely N-dealkylation sites (N-methyl/N-ethyl adjacent to an activating group) is 1. The number of hydrogen-bond acceptors (Lipinski definition) is 12. The molecule has 0 bridgehead atoms. The Labute approximate surface area is 364 Å². The van der Waals surface area contributed by atoms with E-state index in [1.165, 1.54) is 7.11 Å². The van der Waals surface area contributed by atoms with Gasteiger partial charge in [0.15, 0.2) is 0 Å². The van der Waals surface area contributed by atoms with Crippen LogP contribution in [0.5, 0.6) is 28.7 Å². The SMILES string of the molecule is C=CCOC12Oc3ccc(OC(=O)Nc4ccc(OC)cc4OC)cc3C3C(CCCCO)C(CCCCO)C=C(C(=NOCC)CC1N(C)C(=O)Cc1cccc(OC)c1)C32. The molecule has 1 saturated carbocycles. The number of aliphatic hydroxyl groups is 2.